The molecule has 1 aromatic rings. The van der Waals surface area contributed by atoms with Gasteiger partial charge in [-0.25, -0.2) is 0 Å². The minimum Gasteiger partial charge on any atom is -0.296 e. The van der Waals surface area contributed by atoms with Crippen LogP contribution in [0.4, 0.5) is 0 Å². The number of carbonyl (C=O) groups excluding carboxylic acids is 1. The van der Waals surface area contributed by atoms with E-state index in [2.05, 4.69) is 4.90 Å². The lowest BCUT2D eigenvalue weighted by molar-refractivity contribution is 0.0937. The molecular weight excluding hydrogens is 200 g/mol. The van der Waals surface area contributed by atoms with Crippen LogP contribution in [0.2, 0.25) is 0 Å². The predicted molar refractivity (Wildman–Crippen MR) is 63.3 cm³/mol. The van der Waals surface area contributed by atoms with Crippen LogP contribution in [0.1, 0.15) is 29.8 Å². The number of nitrogens with zero attached hydrogens (tertiary/aromatic N) is 2. The first-order valence-electron chi connectivity index (χ1n) is 5.47. The molecule has 0 heterocycles. The molecule has 0 radical (unpaired) electrons. The number of Topliss-reactive ketones (excluding diaryl/α,β-unsaturated/α-hetero) is 1. The van der Waals surface area contributed by atoms with Gasteiger partial charge in [0.2, 0.25) is 0 Å². The van der Waals surface area contributed by atoms with Gasteiger partial charge in [-0.2, -0.15) is 5.26 Å². The number of likely N-dealkylation sites (N-methyl/N-ethyl adjacent to an activating group) is 1. The SMILES string of the molecule is CCN(CC)CC(=O)c1ccc(C#N)cc1. The molecule has 0 atom stereocenters. The Hall–Kier alpha value is -1.66. The molecule has 0 N–H and O–H groups in total. The number of benzene rings is 1. The second-order valence-corrected chi connectivity index (χ2v) is 3.57. The lowest BCUT2D eigenvalue weighted by atomic mass is 10.1. The van der Waals surface area contributed by atoms with Crippen molar-refractivity contribution in [3.63, 3.8) is 0 Å². The van der Waals surface area contributed by atoms with Crippen LogP contribution in [0.15, 0.2) is 24.3 Å². The highest BCUT2D eigenvalue weighted by Gasteiger charge is 2.09. The molecule has 1 rings (SSSR count). The van der Waals surface area contributed by atoms with Gasteiger partial charge in [0, 0.05) is 5.56 Å². The largest absolute Gasteiger partial charge is 0.296 e. The summed E-state index contributed by atoms with van der Waals surface area (Å²) >= 11 is 0. The third-order valence-electron chi connectivity index (χ3n) is 2.60. The average Bonchev–Trinajstić information content (AvgIpc) is 2.35. The fraction of sp³-hybridized carbons (Fsp3) is 0.385. The average molecular weight is 216 g/mol. The highest BCUT2D eigenvalue weighted by atomic mass is 16.1. The number of ketones is 1. The van der Waals surface area contributed by atoms with Crippen molar-refractivity contribution in [3.05, 3.63) is 35.4 Å². The quantitative estimate of drug-likeness (QED) is 0.708. The van der Waals surface area contributed by atoms with Gasteiger partial charge in [-0.3, -0.25) is 9.69 Å². The van der Waals surface area contributed by atoms with E-state index < -0.39 is 0 Å². The molecular formula is C13H16N2O. The Morgan fingerprint density at radius 2 is 1.81 bits per heavy atom. The van der Waals surface area contributed by atoms with Crippen molar-refractivity contribution in [1.82, 2.24) is 4.90 Å². The van der Waals surface area contributed by atoms with Gasteiger partial charge in [0.1, 0.15) is 0 Å². The normalized spacial score (nSPS) is 10.1. The van der Waals surface area contributed by atoms with Gasteiger partial charge in [-0.05, 0) is 25.2 Å². The van der Waals surface area contributed by atoms with Crippen LogP contribution in [-0.4, -0.2) is 30.3 Å². The van der Waals surface area contributed by atoms with Crippen molar-refractivity contribution in [2.75, 3.05) is 19.6 Å². The summed E-state index contributed by atoms with van der Waals surface area (Å²) in [4.78, 5) is 13.9. The molecule has 1 aromatic carbocycles. The zero-order valence-corrected chi connectivity index (χ0v) is 9.73. The standard InChI is InChI=1S/C13H16N2O/c1-3-15(4-2)10-13(16)12-7-5-11(9-14)6-8-12/h5-8H,3-4,10H2,1-2H3. The number of hydrogen-bond acceptors (Lipinski definition) is 3. The van der Waals surface area contributed by atoms with Crippen LogP contribution in [-0.2, 0) is 0 Å². The van der Waals surface area contributed by atoms with E-state index in [-0.39, 0.29) is 5.78 Å². The first-order valence-corrected chi connectivity index (χ1v) is 5.47. The van der Waals surface area contributed by atoms with E-state index in [1.165, 1.54) is 0 Å². The van der Waals surface area contributed by atoms with Crippen LogP contribution in [0, 0.1) is 11.3 Å². The number of nitriles is 1. The van der Waals surface area contributed by atoms with Crippen molar-refractivity contribution in [1.29, 1.82) is 5.26 Å². The van der Waals surface area contributed by atoms with Gasteiger partial charge in [0.05, 0.1) is 18.2 Å². The van der Waals surface area contributed by atoms with Crippen LogP contribution in [0.3, 0.4) is 0 Å². The molecule has 0 aliphatic carbocycles. The summed E-state index contributed by atoms with van der Waals surface area (Å²) in [6.45, 7) is 6.26. The summed E-state index contributed by atoms with van der Waals surface area (Å²) < 4.78 is 0. The predicted octanol–water partition coefficient (Wildman–Crippen LogP) is 2.08. The topological polar surface area (TPSA) is 44.1 Å². The highest BCUT2D eigenvalue weighted by Crippen LogP contribution is 2.05. The minimum atomic E-state index is 0.105. The maximum atomic E-state index is 11.8. The molecule has 84 valence electrons. The summed E-state index contributed by atoms with van der Waals surface area (Å²) in [5.41, 5.74) is 1.25. The molecule has 0 spiro atoms. The van der Waals surface area contributed by atoms with E-state index in [0.717, 1.165) is 13.1 Å². The van der Waals surface area contributed by atoms with E-state index in [1.54, 1.807) is 24.3 Å². The summed E-state index contributed by atoms with van der Waals surface area (Å²) in [6.07, 6.45) is 0. The maximum absolute atomic E-state index is 11.8. The van der Waals surface area contributed by atoms with Crippen LogP contribution < -0.4 is 0 Å². The zero-order valence-electron chi connectivity index (χ0n) is 9.73. The third kappa shape index (κ3) is 3.18. The second-order valence-electron chi connectivity index (χ2n) is 3.57. The third-order valence-corrected chi connectivity index (χ3v) is 2.60. The molecule has 0 saturated heterocycles. The molecule has 0 fully saturated rings. The van der Waals surface area contributed by atoms with Gasteiger partial charge in [0.15, 0.2) is 5.78 Å². The van der Waals surface area contributed by atoms with Gasteiger partial charge >= 0.3 is 0 Å². The Labute approximate surface area is 96.3 Å². The summed E-state index contributed by atoms with van der Waals surface area (Å²) in [7, 11) is 0. The molecule has 0 aromatic heterocycles. The lowest BCUT2D eigenvalue weighted by Gasteiger charge is -2.16. The molecule has 0 aliphatic heterocycles. The van der Waals surface area contributed by atoms with E-state index in [1.807, 2.05) is 19.9 Å². The summed E-state index contributed by atoms with van der Waals surface area (Å²) in [6, 6.07) is 8.81. The number of carbonyl (C=O) groups is 1. The van der Waals surface area contributed by atoms with E-state index in [4.69, 9.17) is 5.26 Å². The van der Waals surface area contributed by atoms with Crippen molar-refractivity contribution >= 4 is 5.78 Å². The Bertz CT molecular complexity index is 385. The smallest absolute Gasteiger partial charge is 0.176 e. The van der Waals surface area contributed by atoms with Crippen molar-refractivity contribution in [2.24, 2.45) is 0 Å². The van der Waals surface area contributed by atoms with Gasteiger partial charge < -0.3 is 0 Å². The summed E-state index contributed by atoms with van der Waals surface area (Å²) in [5.74, 6) is 0.105. The first kappa shape index (κ1) is 12.4. The number of hydrogen-bond donors (Lipinski definition) is 0. The van der Waals surface area contributed by atoms with Gasteiger partial charge in [-0.1, -0.05) is 26.0 Å². The molecule has 0 saturated carbocycles. The molecule has 16 heavy (non-hydrogen) atoms. The molecule has 0 bridgehead atoms. The fourth-order valence-electron chi connectivity index (χ4n) is 1.47. The molecule has 0 amide bonds. The minimum absolute atomic E-state index is 0.105. The second kappa shape index (κ2) is 6.04. The van der Waals surface area contributed by atoms with Crippen LogP contribution >= 0.6 is 0 Å². The van der Waals surface area contributed by atoms with E-state index in [9.17, 15) is 4.79 Å². The van der Waals surface area contributed by atoms with Crippen LogP contribution in [0.25, 0.3) is 0 Å². The molecule has 3 heteroatoms. The Morgan fingerprint density at radius 3 is 2.25 bits per heavy atom. The van der Waals surface area contributed by atoms with Gasteiger partial charge in [0.25, 0.3) is 0 Å². The highest BCUT2D eigenvalue weighted by molar-refractivity contribution is 5.97. The van der Waals surface area contributed by atoms with Crippen molar-refractivity contribution in [2.45, 2.75) is 13.8 Å². The van der Waals surface area contributed by atoms with E-state index >= 15 is 0 Å². The molecule has 0 unspecified atom stereocenters. The fourth-order valence-corrected chi connectivity index (χ4v) is 1.47. The Balaban J connectivity index is 2.70. The Kier molecular flexibility index (Phi) is 4.68. The van der Waals surface area contributed by atoms with Crippen molar-refractivity contribution in [3.8, 4) is 6.07 Å². The number of rotatable bonds is 5. The summed E-state index contributed by atoms with van der Waals surface area (Å²) in [5, 5.41) is 8.65. The lowest BCUT2D eigenvalue weighted by Crippen LogP contribution is -2.29. The van der Waals surface area contributed by atoms with Gasteiger partial charge in [-0.15, -0.1) is 0 Å². The van der Waals surface area contributed by atoms with Crippen molar-refractivity contribution < 1.29 is 4.79 Å². The Morgan fingerprint density at radius 1 is 1.25 bits per heavy atom. The first-order chi connectivity index (χ1) is 7.71. The maximum Gasteiger partial charge on any atom is 0.176 e. The zero-order chi connectivity index (χ0) is 12.0. The molecule has 0 aliphatic rings. The molecule has 3 nitrogen and oxygen atoms in total. The van der Waals surface area contributed by atoms with Crippen LogP contribution in [0.5, 0.6) is 0 Å². The van der Waals surface area contributed by atoms with E-state index in [0.29, 0.717) is 17.7 Å². The monoisotopic (exact) mass is 216 g/mol.